The number of phenols is 1. The lowest BCUT2D eigenvalue weighted by atomic mass is 10.2. The monoisotopic (exact) mass is 462 g/mol. The first-order chi connectivity index (χ1) is 13.4. The van der Waals surface area contributed by atoms with E-state index in [4.69, 9.17) is 21.7 Å². The molecule has 0 aliphatic rings. The van der Waals surface area contributed by atoms with Crippen LogP contribution in [0.1, 0.15) is 19.4 Å². The topological polar surface area (TPSA) is 84.7 Å². The number of halogens is 1. The van der Waals surface area contributed by atoms with Crippen molar-refractivity contribution in [2.75, 3.05) is 7.11 Å². The van der Waals surface area contributed by atoms with Crippen LogP contribution in [0.3, 0.4) is 0 Å². The molecule has 0 saturated heterocycles. The number of aromatic amines is 1. The molecule has 146 valence electrons. The van der Waals surface area contributed by atoms with Crippen molar-refractivity contribution in [3.63, 3.8) is 0 Å². The SMILES string of the molecule is COc1cc(/C=N\n2c(-c3cccc(OC(C)C)c3)n[nH]c2=S)cc(Br)c1O. The molecule has 0 unspecified atom stereocenters. The van der Waals surface area contributed by atoms with Gasteiger partial charge in [0.15, 0.2) is 17.3 Å². The second-order valence-electron chi connectivity index (χ2n) is 6.16. The smallest absolute Gasteiger partial charge is 0.216 e. The molecular weight excluding hydrogens is 444 g/mol. The second-order valence-corrected chi connectivity index (χ2v) is 7.40. The number of aromatic nitrogens is 3. The van der Waals surface area contributed by atoms with Gasteiger partial charge in [-0.3, -0.25) is 0 Å². The summed E-state index contributed by atoms with van der Waals surface area (Å²) in [4.78, 5) is 0. The van der Waals surface area contributed by atoms with Crippen LogP contribution in [0.4, 0.5) is 0 Å². The van der Waals surface area contributed by atoms with E-state index < -0.39 is 0 Å². The van der Waals surface area contributed by atoms with Crippen molar-refractivity contribution in [3.8, 4) is 28.6 Å². The highest BCUT2D eigenvalue weighted by Gasteiger charge is 2.11. The first kappa shape index (κ1) is 20.1. The molecular formula is C19H19BrN4O3S. The number of hydrogen-bond donors (Lipinski definition) is 2. The van der Waals surface area contributed by atoms with Crippen LogP contribution in [-0.2, 0) is 0 Å². The summed E-state index contributed by atoms with van der Waals surface area (Å²) >= 11 is 8.61. The molecule has 28 heavy (non-hydrogen) atoms. The number of rotatable bonds is 6. The Morgan fingerprint density at radius 1 is 1.32 bits per heavy atom. The fraction of sp³-hybridized carbons (Fsp3) is 0.211. The Morgan fingerprint density at radius 2 is 2.11 bits per heavy atom. The number of hydrogen-bond acceptors (Lipinski definition) is 6. The van der Waals surface area contributed by atoms with Gasteiger partial charge in [0.2, 0.25) is 4.77 Å². The van der Waals surface area contributed by atoms with Crippen molar-refractivity contribution in [1.82, 2.24) is 14.9 Å². The number of nitrogens with one attached hydrogen (secondary N) is 1. The number of ether oxygens (including phenoxy) is 2. The maximum absolute atomic E-state index is 9.93. The molecule has 0 amide bonds. The highest BCUT2D eigenvalue weighted by molar-refractivity contribution is 9.10. The normalized spacial score (nSPS) is 11.3. The number of aromatic hydroxyl groups is 1. The van der Waals surface area contributed by atoms with Gasteiger partial charge >= 0.3 is 0 Å². The zero-order valence-electron chi connectivity index (χ0n) is 15.5. The lowest BCUT2D eigenvalue weighted by Gasteiger charge is -2.10. The van der Waals surface area contributed by atoms with Gasteiger partial charge in [-0.15, -0.1) is 0 Å². The Kier molecular flexibility index (Phi) is 6.15. The summed E-state index contributed by atoms with van der Waals surface area (Å²) in [5.41, 5.74) is 1.53. The van der Waals surface area contributed by atoms with Gasteiger partial charge in [0, 0.05) is 5.56 Å². The molecule has 0 saturated carbocycles. The van der Waals surface area contributed by atoms with E-state index in [1.54, 1.807) is 18.3 Å². The number of nitrogens with zero attached hydrogens (tertiary/aromatic N) is 3. The Hall–Kier alpha value is -2.65. The van der Waals surface area contributed by atoms with E-state index in [2.05, 4.69) is 31.2 Å². The minimum absolute atomic E-state index is 0.0298. The summed E-state index contributed by atoms with van der Waals surface area (Å²) in [5.74, 6) is 1.66. The molecule has 3 aromatic rings. The Balaban J connectivity index is 1.98. The van der Waals surface area contributed by atoms with Gasteiger partial charge < -0.3 is 14.6 Å². The average Bonchev–Trinajstić information content (AvgIpc) is 3.03. The average molecular weight is 463 g/mol. The molecule has 0 aliphatic heterocycles. The largest absolute Gasteiger partial charge is 0.503 e. The first-order valence-electron chi connectivity index (χ1n) is 8.44. The van der Waals surface area contributed by atoms with E-state index in [0.29, 0.717) is 26.4 Å². The summed E-state index contributed by atoms with van der Waals surface area (Å²) < 4.78 is 13.3. The van der Waals surface area contributed by atoms with Gasteiger partial charge in [-0.25, -0.2) is 5.10 Å². The number of methoxy groups -OCH3 is 1. The van der Waals surface area contributed by atoms with E-state index in [-0.39, 0.29) is 11.9 Å². The molecule has 2 N–H and O–H groups in total. The zero-order valence-corrected chi connectivity index (χ0v) is 17.9. The van der Waals surface area contributed by atoms with Crippen LogP contribution in [0.2, 0.25) is 0 Å². The van der Waals surface area contributed by atoms with Crippen LogP contribution >= 0.6 is 28.1 Å². The Bertz CT molecular complexity index is 1080. The van der Waals surface area contributed by atoms with E-state index in [1.165, 1.54) is 11.8 Å². The lowest BCUT2D eigenvalue weighted by molar-refractivity contribution is 0.242. The second kappa shape index (κ2) is 8.57. The van der Waals surface area contributed by atoms with Gasteiger partial charge in [-0.05, 0) is 71.8 Å². The minimum atomic E-state index is 0.0298. The molecule has 0 spiro atoms. The Morgan fingerprint density at radius 3 is 2.82 bits per heavy atom. The third-order valence-corrected chi connectivity index (χ3v) is 4.58. The highest BCUT2D eigenvalue weighted by Crippen LogP contribution is 2.34. The molecule has 7 nitrogen and oxygen atoms in total. The van der Waals surface area contributed by atoms with Crippen LogP contribution in [0, 0.1) is 4.77 Å². The summed E-state index contributed by atoms with van der Waals surface area (Å²) in [6.45, 7) is 3.94. The van der Waals surface area contributed by atoms with Crippen molar-refractivity contribution >= 4 is 34.4 Å². The van der Waals surface area contributed by atoms with Gasteiger partial charge in [-0.1, -0.05) is 12.1 Å². The maximum atomic E-state index is 9.93. The third kappa shape index (κ3) is 4.42. The molecule has 0 aliphatic carbocycles. The summed E-state index contributed by atoms with van der Waals surface area (Å²) in [5, 5.41) is 21.4. The molecule has 0 bridgehead atoms. The Labute approximate surface area is 175 Å². The molecule has 0 atom stereocenters. The fourth-order valence-electron chi connectivity index (χ4n) is 2.51. The van der Waals surface area contributed by atoms with Crippen LogP contribution in [0.15, 0.2) is 46.0 Å². The van der Waals surface area contributed by atoms with Crippen LogP contribution in [0.25, 0.3) is 11.4 Å². The molecule has 1 heterocycles. The van der Waals surface area contributed by atoms with Crippen molar-refractivity contribution in [2.45, 2.75) is 20.0 Å². The third-order valence-electron chi connectivity index (χ3n) is 3.71. The number of H-pyrrole nitrogens is 1. The fourth-order valence-corrected chi connectivity index (χ4v) is 3.15. The van der Waals surface area contributed by atoms with Gasteiger partial charge in [-0.2, -0.15) is 14.9 Å². The van der Waals surface area contributed by atoms with Gasteiger partial charge in [0.1, 0.15) is 5.75 Å². The van der Waals surface area contributed by atoms with Crippen molar-refractivity contribution in [3.05, 3.63) is 51.2 Å². The molecule has 2 aromatic carbocycles. The quantitative estimate of drug-likeness (QED) is 0.407. The zero-order chi connectivity index (χ0) is 20.3. The van der Waals surface area contributed by atoms with E-state index in [9.17, 15) is 5.11 Å². The van der Waals surface area contributed by atoms with E-state index in [0.717, 1.165) is 11.3 Å². The molecule has 0 fully saturated rings. The van der Waals surface area contributed by atoms with E-state index >= 15 is 0 Å². The van der Waals surface area contributed by atoms with Crippen molar-refractivity contribution in [1.29, 1.82) is 0 Å². The summed E-state index contributed by atoms with van der Waals surface area (Å²) in [6.07, 6.45) is 1.67. The van der Waals surface area contributed by atoms with Gasteiger partial charge in [0.25, 0.3) is 0 Å². The number of phenolic OH excluding ortho intramolecular Hbond substituents is 1. The van der Waals surface area contributed by atoms with Crippen LogP contribution in [-0.4, -0.2) is 39.4 Å². The summed E-state index contributed by atoms with van der Waals surface area (Å²) in [6, 6.07) is 11.0. The minimum Gasteiger partial charge on any atom is -0.503 e. The van der Waals surface area contributed by atoms with Crippen molar-refractivity contribution < 1.29 is 14.6 Å². The first-order valence-corrected chi connectivity index (χ1v) is 9.64. The predicted molar refractivity (Wildman–Crippen MR) is 114 cm³/mol. The standard InChI is InChI=1S/C19H19BrN4O3S/c1-11(2)27-14-6-4-5-13(9-14)18-22-23-19(28)24(18)21-10-12-7-15(20)17(25)16(8-12)26-3/h4-11,25H,1-3H3,(H,23,28)/b21-10-. The summed E-state index contributed by atoms with van der Waals surface area (Å²) in [7, 11) is 1.49. The molecule has 3 rings (SSSR count). The van der Waals surface area contributed by atoms with E-state index in [1.807, 2.05) is 38.1 Å². The molecule has 9 heteroatoms. The molecule has 1 aromatic heterocycles. The van der Waals surface area contributed by atoms with Crippen LogP contribution < -0.4 is 9.47 Å². The maximum Gasteiger partial charge on any atom is 0.216 e. The number of benzene rings is 2. The lowest BCUT2D eigenvalue weighted by Crippen LogP contribution is -2.05. The molecule has 0 radical (unpaired) electrons. The van der Waals surface area contributed by atoms with Crippen molar-refractivity contribution in [2.24, 2.45) is 5.10 Å². The van der Waals surface area contributed by atoms with Gasteiger partial charge in [0.05, 0.1) is 23.9 Å². The van der Waals surface area contributed by atoms with Crippen LogP contribution in [0.5, 0.6) is 17.2 Å². The highest BCUT2D eigenvalue weighted by atomic mass is 79.9. The predicted octanol–water partition coefficient (Wildman–Crippen LogP) is 4.75.